The molecule has 0 atom stereocenters. The molecule has 0 spiro atoms. The van der Waals surface area contributed by atoms with Crippen molar-refractivity contribution in [3.63, 3.8) is 0 Å². The maximum atomic E-state index is 11.0. The summed E-state index contributed by atoms with van der Waals surface area (Å²) in [7, 11) is 1.73. The van der Waals surface area contributed by atoms with E-state index in [9.17, 15) is 10.1 Å². The molecular weight excluding hydrogens is 244 g/mol. The van der Waals surface area contributed by atoms with E-state index in [-0.39, 0.29) is 10.6 Å². The number of hydrogen-bond donors (Lipinski definition) is 1. The van der Waals surface area contributed by atoms with Crippen LogP contribution in [0.3, 0.4) is 0 Å². The Balaban J connectivity index is 2.29. The summed E-state index contributed by atoms with van der Waals surface area (Å²) in [5.41, 5.74) is 0.0940. The Bertz CT molecular complexity index is 460. The second-order valence-corrected chi connectivity index (χ2v) is 4.85. The summed E-state index contributed by atoms with van der Waals surface area (Å²) in [5, 5.41) is 13.9. The number of unbranched alkanes of at least 4 members (excludes halogenated alkanes) is 1. The summed E-state index contributed by atoms with van der Waals surface area (Å²) in [5.74, 6) is 1.26. The molecule has 1 aliphatic carbocycles. The maximum absolute atomic E-state index is 11.0. The van der Waals surface area contributed by atoms with E-state index >= 15 is 0 Å². The van der Waals surface area contributed by atoms with Crippen molar-refractivity contribution in [3.05, 3.63) is 22.2 Å². The molecule has 0 aromatic carbocycles. The average Bonchev–Trinajstić information content (AvgIpc) is 3.23. The van der Waals surface area contributed by atoms with Crippen LogP contribution in [0.25, 0.3) is 0 Å². The van der Waals surface area contributed by atoms with Gasteiger partial charge in [0.15, 0.2) is 0 Å². The minimum absolute atomic E-state index is 0.0940. The number of anilines is 2. The third-order valence-corrected chi connectivity index (χ3v) is 3.30. The first-order chi connectivity index (χ1) is 9.15. The van der Waals surface area contributed by atoms with Crippen molar-refractivity contribution in [1.82, 2.24) is 4.98 Å². The van der Waals surface area contributed by atoms with Crippen LogP contribution in [0.2, 0.25) is 0 Å². The van der Waals surface area contributed by atoms with Gasteiger partial charge >= 0.3 is 0 Å². The van der Waals surface area contributed by atoms with Crippen molar-refractivity contribution in [1.29, 1.82) is 0 Å². The Kier molecular flexibility index (Phi) is 4.19. The van der Waals surface area contributed by atoms with Crippen molar-refractivity contribution < 1.29 is 4.92 Å². The third kappa shape index (κ3) is 3.33. The number of nitro groups is 1. The van der Waals surface area contributed by atoms with Crippen LogP contribution in [0.5, 0.6) is 0 Å². The molecule has 1 fully saturated rings. The fourth-order valence-corrected chi connectivity index (χ4v) is 2.08. The SMILES string of the molecule is CCCCN(c1cc([N+](=O)[O-])cc(NC)n1)C1CC1. The van der Waals surface area contributed by atoms with Crippen LogP contribution in [0, 0.1) is 10.1 Å². The second-order valence-electron chi connectivity index (χ2n) is 4.85. The zero-order valence-electron chi connectivity index (χ0n) is 11.4. The Morgan fingerprint density at radius 3 is 2.79 bits per heavy atom. The predicted molar refractivity (Wildman–Crippen MR) is 75.7 cm³/mol. The normalized spacial score (nSPS) is 14.2. The molecular formula is C13H20N4O2. The minimum Gasteiger partial charge on any atom is -0.373 e. The molecule has 6 heteroatoms. The van der Waals surface area contributed by atoms with Crippen molar-refractivity contribution in [2.75, 3.05) is 23.8 Å². The van der Waals surface area contributed by atoms with Gasteiger partial charge in [0.05, 0.1) is 17.1 Å². The Morgan fingerprint density at radius 1 is 1.53 bits per heavy atom. The van der Waals surface area contributed by atoms with E-state index in [1.807, 2.05) is 0 Å². The van der Waals surface area contributed by atoms with E-state index in [2.05, 4.69) is 22.1 Å². The Morgan fingerprint density at radius 2 is 2.26 bits per heavy atom. The minimum atomic E-state index is -0.364. The van der Waals surface area contributed by atoms with Gasteiger partial charge in [0, 0.05) is 19.6 Å². The molecule has 2 rings (SSSR count). The quantitative estimate of drug-likeness (QED) is 0.605. The number of pyridine rings is 1. The number of aromatic nitrogens is 1. The standard InChI is InChI=1S/C13H20N4O2/c1-3-4-7-16(10-5-6-10)13-9-11(17(18)19)8-12(14-2)15-13/h8-10H,3-7H2,1-2H3,(H,14,15). The molecule has 104 valence electrons. The van der Waals surface area contributed by atoms with E-state index in [0.29, 0.717) is 11.9 Å². The van der Waals surface area contributed by atoms with Crippen LogP contribution in [0.1, 0.15) is 32.6 Å². The van der Waals surface area contributed by atoms with Gasteiger partial charge in [0.25, 0.3) is 5.69 Å². The zero-order valence-corrected chi connectivity index (χ0v) is 11.4. The predicted octanol–water partition coefficient (Wildman–Crippen LogP) is 2.80. The van der Waals surface area contributed by atoms with Crippen molar-refractivity contribution in [3.8, 4) is 0 Å². The Hall–Kier alpha value is -1.85. The first-order valence-electron chi connectivity index (χ1n) is 6.76. The smallest absolute Gasteiger partial charge is 0.276 e. The number of hydrogen-bond acceptors (Lipinski definition) is 5. The highest BCUT2D eigenvalue weighted by Crippen LogP contribution is 2.33. The monoisotopic (exact) mass is 264 g/mol. The van der Waals surface area contributed by atoms with E-state index in [4.69, 9.17) is 0 Å². The van der Waals surface area contributed by atoms with E-state index in [0.717, 1.165) is 38.0 Å². The van der Waals surface area contributed by atoms with Crippen molar-refractivity contribution >= 4 is 17.3 Å². The van der Waals surface area contributed by atoms with Gasteiger partial charge in [-0.3, -0.25) is 10.1 Å². The topological polar surface area (TPSA) is 71.3 Å². The third-order valence-electron chi connectivity index (χ3n) is 3.30. The van der Waals surface area contributed by atoms with Gasteiger partial charge in [-0.05, 0) is 19.3 Å². The summed E-state index contributed by atoms with van der Waals surface area (Å²) in [6.07, 6.45) is 4.50. The highest BCUT2D eigenvalue weighted by Gasteiger charge is 2.30. The summed E-state index contributed by atoms with van der Waals surface area (Å²) < 4.78 is 0. The van der Waals surface area contributed by atoms with Gasteiger partial charge in [0.2, 0.25) is 0 Å². The van der Waals surface area contributed by atoms with Crippen LogP contribution < -0.4 is 10.2 Å². The van der Waals surface area contributed by atoms with Gasteiger partial charge < -0.3 is 10.2 Å². The van der Waals surface area contributed by atoms with Gasteiger partial charge in [-0.15, -0.1) is 0 Å². The van der Waals surface area contributed by atoms with Gasteiger partial charge in [-0.25, -0.2) is 4.98 Å². The van der Waals surface area contributed by atoms with E-state index < -0.39 is 0 Å². The maximum Gasteiger partial charge on any atom is 0.276 e. The number of rotatable bonds is 7. The molecule has 0 radical (unpaired) electrons. The number of nitrogens with zero attached hydrogens (tertiary/aromatic N) is 3. The van der Waals surface area contributed by atoms with Gasteiger partial charge in [0.1, 0.15) is 11.6 Å². The molecule has 1 saturated carbocycles. The molecule has 0 bridgehead atoms. The highest BCUT2D eigenvalue weighted by atomic mass is 16.6. The molecule has 1 aliphatic rings. The Labute approximate surface area is 113 Å². The van der Waals surface area contributed by atoms with Crippen LogP contribution >= 0.6 is 0 Å². The summed E-state index contributed by atoms with van der Waals surface area (Å²) in [4.78, 5) is 17.3. The first kappa shape index (κ1) is 13.6. The lowest BCUT2D eigenvalue weighted by atomic mass is 10.3. The van der Waals surface area contributed by atoms with Crippen LogP contribution in [-0.2, 0) is 0 Å². The fraction of sp³-hybridized carbons (Fsp3) is 0.615. The molecule has 6 nitrogen and oxygen atoms in total. The van der Waals surface area contributed by atoms with Crippen molar-refractivity contribution in [2.45, 2.75) is 38.6 Å². The lowest BCUT2D eigenvalue weighted by molar-refractivity contribution is -0.384. The van der Waals surface area contributed by atoms with Crippen LogP contribution in [0.15, 0.2) is 12.1 Å². The molecule has 1 aromatic rings. The lowest BCUT2D eigenvalue weighted by Crippen LogP contribution is -2.27. The van der Waals surface area contributed by atoms with Gasteiger partial charge in [-0.2, -0.15) is 0 Å². The van der Waals surface area contributed by atoms with E-state index in [1.165, 1.54) is 6.07 Å². The molecule has 0 unspecified atom stereocenters. The van der Waals surface area contributed by atoms with Gasteiger partial charge in [-0.1, -0.05) is 13.3 Å². The number of nitrogens with one attached hydrogen (secondary N) is 1. The van der Waals surface area contributed by atoms with Crippen LogP contribution in [-0.4, -0.2) is 29.5 Å². The first-order valence-corrected chi connectivity index (χ1v) is 6.76. The summed E-state index contributed by atoms with van der Waals surface area (Å²) in [6, 6.07) is 3.55. The molecule has 19 heavy (non-hydrogen) atoms. The average molecular weight is 264 g/mol. The summed E-state index contributed by atoms with van der Waals surface area (Å²) >= 11 is 0. The van der Waals surface area contributed by atoms with Crippen molar-refractivity contribution in [2.24, 2.45) is 0 Å². The second kappa shape index (κ2) is 5.86. The summed E-state index contributed by atoms with van der Waals surface area (Å²) in [6.45, 7) is 3.06. The largest absolute Gasteiger partial charge is 0.373 e. The highest BCUT2D eigenvalue weighted by molar-refractivity contribution is 5.56. The molecule has 0 aliphatic heterocycles. The molecule has 1 heterocycles. The van der Waals surface area contributed by atoms with E-state index in [1.54, 1.807) is 13.1 Å². The van der Waals surface area contributed by atoms with Crippen LogP contribution in [0.4, 0.5) is 17.3 Å². The molecule has 0 amide bonds. The zero-order chi connectivity index (χ0) is 13.8. The molecule has 0 saturated heterocycles. The fourth-order valence-electron chi connectivity index (χ4n) is 2.08. The molecule has 1 aromatic heterocycles. The lowest BCUT2D eigenvalue weighted by Gasteiger charge is -2.23. The molecule has 1 N–H and O–H groups in total.